The van der Waals surface area contributed by atoms with Crippen LogP contribution in [0.2, 0.25) is 5.02 Å². The predicted octanol–water partition coefficient (Wildman–Crippen LogP) is 2.01. The van der Waals surface area contributed by atoms with Gasteiger partial charge in [0.25, 0.3) is 5.56 Å². The van der Waals surface area contributed by atoms with Crippen LogP contribution in [0.5, 0.6) is 5.75 Å². The third kappa shape index (κ3) is 2.21. The van der Waals surface area contributed by atoms with Crippen molar-refractivity contribution >= 4 is 22.4 Å². The van der Waals surface area contributed by atoms with E-state index in [0.717, 1.165) is 11.8 Å². The molecule has 0 unspecified atom stereocenters. The first-order valence-electron chi connectivity index (χ1n) is 5.74. The second-order valence-corrected chi connectivity index (χ2v) is 4.40. The summed E-state index contributed by atoms with van der Waals surface area (Å²) in [5.41, 5.74) is 5.35. The number of nitrogens with two attached hydrogens (primary N) is 1. The number of ether oxygens (including phenoxy) is 1. The van der Waals surface area contributed by atoms with E-state index in [1.807, 2.05) is 6.07 Å². The van der Waals surface area contributed by atoms with Gasteiger partial charge >= 0.3 is 0 Å². The van der Waals surface area contributed by atoms with Gasteiger partial charge in [-0.3, -0.25) is 4.79 Å². The first kappa shape index (κ1) is 12.9. The van der Waals surface area contributed by atoms with Crippen LogP contribution in [0.3, 0.4) is 0 Å². The Morgan fingerprint density at radius 1 is 1.39 bits per heavy atom. The number of halogens is 1. The normalized spacial score (nSPS) is 10.8. The van der Waals surface area contributed by atoms with E-state index in [1.54, 1.807) is 30.0 Å². The zero-order chi connectivity index (χ0) is 13.1. The lowest BCUT2D eigenvalue weighted by Gasteiger charge is -2.10. The maximum absolute atomic E-state index is 12.3. The number of pyridine rings is 1. The average molecular weight is 267 g/mol. The summed E-state index contributed by atoms with van der Waals surface area (Å²) in [7, 11) is 1.57. The highest BCUT2D eigenvalue weighted by molar-refractivity contribution is 6.35. The van der Waals surface area contributed by atoms with Crippen LogP contribution in [0.1, 0.15) is 6.42 Å². The largest absolute Gasteiger partial charge is 0.496 e. The van der Waals surface area contributed by atoms with Crippen molar-refractivity contribution in [1.29, 1.82) is 0 Å². The second kappa shape index (κ2) is 5.42. The van der Waals surface area contributed by atoms with E-state index in [4.69, 9.17) is 22.1 Å². The Morgan fingerprint density at radius 2 is 2.17 bits per heavy atom. The third-order valence-corrected chi connectivity index (χ3v) is 3.19. The molecule has 0 atom stereocenters. The van der Waals surface area contributed by atoms with Crippen LogP contribution in [0.15, 0.2) is 29.2 Å². The molecule has 2 aromatic rings. The van der Waals surface area contributed by atoms with Gasteiger partial charge < -0.3 is 15.0 Å². The van der Waals surface area contributed by atoms with E-state index in [1.165, 1.54) is 0 Å². The molecule has 96 valence electrons. The third-order valence-electron chi connectivity index (χ3n) is 2.87. The molecule has 1 aromatic carbocycles. The molecule has 0 saturated carbocycles. The van der Waals surface area contributed by atoms with Crippen molar-refractivity contribution in [2.75, 3.05) is 13.7 Å². The molecule has 2 rings (SSSR count). The number of aromatic nitrogens is 1. The molecule has 0 fully saturated rings. The minimum absolute atomic E-state index is 0.107. The van der Waals surface area contributed by atoms with Gasteiger partial charge in [-0.05, 0) is 31.2 Å². The van der Waals surface area contributed by atoms with E-state index in [0.29, 0.717) is 29.2 Å². The molecular formula is C13H15ClN2O2. The van der Waals surface area contributed by atoms with Gasteiger partial charge in [-0.25, -0.2) is 0 Å². The minimum atomic E-state index is -0.107. The predicted molar refractivity (Wildman–Crippen MR) is 73.4 cm³/mol. The fraction of sp³-hybridized carbons (Fsp3) is 0.308. The van der Waals surface area contributed by atoms with Crippen LogP contribution in [0, 0.1) is 0 Å². The standard InChI is InChI=1S/C13H15ClN2O2/c1-18-11-4-3-10(14)12-9(11)5-8-16(13(12)17)7-2-6-15/h3-5,8H,2,6-7,15H2,1H3. The number of rotatable bonds is 4. The van der Waals surface area contributed by atoms with Gasteiger partial charge in [0, 0.05) is 18.1 Å². The number of aryl methyl sites for hydroxylation is 1. The summed E-state index contributed by atoms with van der Waals surface area (Å²) < 4.78 is 6.86. The quantitative estimate of drug-likeness (QED) is 0.921. The highest BCUT2D eigenvalue weighted by Crippen LogP contribution is 2.28. The van der Waals surface area contributed by atoms with Crippen molar-refractivity contribution in [3.8, 4) is 5.75 Å². The molecule has 4 nitrogen and oxygen atoms in total. The Hall–Kier alpha value is -1.52. The van der Waals surface area contributed by atoms with E-state index in [9.17, 15) is 4.79 Å². The minimum Gasteiger partial charge on any atom is -0.496 e. The van der Waals surface area contributed by atoms with Crippen molar-refractivity contribution in [2.45, 2.75) is 13.0 Å². The van der Waals surface area contributed by atoms with Crippen molar-refractivity contribution in [1.82, 2.24) is 4.57 Å². The Labute approximate surface area is 110 Å². The highest BCUT2D eigenvalue weighted by Gasteiger charge is 2.10. The molecule has 0 aliphatic carbocycles. The molecule has 18 heavy (non-hydrogen) atoms. The van der Waals surface area contributed by atoms with Gasteiger partial charge in [-0.1, -0.05) is 11.6 Å². The first-order valence-corrected chi connectivity index (χ1v) is 6.12. The summed E-state index contributed by atoms with van der Waals surface area (Å²) in [6.45, 7) is 1.15. The fourth-order valence-electron chi connectivity index (χ4n) is 1.95. The molecule has 0 radical (unpaired) electrons. The molecule has 1 heterocycles. The number of hydrogen-bond donors (Lipinski definition) is 1. The Bertz CT molecular complexity index is 622. The second-order valence-electron chi connectivity index (χ2n) is 3.99. The lowest BCUT2D eigenvalue weighted by molar-refractivity contribution is 0.419. The zero-order valence-electron chi connectivity index (χ0n) is 10.1. The monoisotopic (exact) mass is 266 g/mol. The maximum Gasteiger partial charge on any atom is 0.260 e. The van der Waals surface area contributed by atoms with E-state index in [-0.39, 0.29) is 5.56 Å². The summed E-state index contributed by atoms with van der Waals surface area (Å²) in [4.78, 5) is 12.3. The van der Waals surface area contributed by atoms with Gasteiger partial charge in [-0.2, -0.15) is 0 Å². The number of fused-ring (bicyclic) bond motifs is 1. The molecule has 1 aromatic heterocycles. The molecule has 0 amide bonds. The maximum atomic E-state index is 12.3. The van der Waals surface area contributed by atoms with Crippen LogP contribution in [0.4, 0.5) is 0 Å². The SMILES string of the molecule is COc1ccc(Cl)c2c(=O)n(CCCN)ccc12. The van der Waals surface area contributed by atoms with Gasteiger partial charge in [0.1, 0.15) is 5.75 Å². The van der Waals surface area contributed by atoms with Crippen molar-refractivity contribution < 1.29 is 4.74 Å². The molecular weight excluding hydrogens is 252 g/mol. The van der Waals surface area contributed by atoms with Gasteiger partial charge in [0.15, 0.2) is 0 Å². The fourth-order valence-corrected chi connectivity index (χ4v) is 2.19. The molecule has 0 spiro atoms. The van der Waals surface area contributed by atoms with Crippen molar-refractivity contribution in [3.63, 3.8) is 0 Å². The van der Waals surface area contributed by atoms with E-state index < -0.39 is 0 Å². The Morgan fingerprint density at radius 3 is 2.83 bits per heavy atom. The summed E-state index contributed by atoms with van der Waals surface area (Å²) in [5.74, 6) is 0.650. The molecule has 2 N–H and O–H groups in total. The van der Waals surface area contributed by atoms with Crippen LogP contribution in [0.25, 0.3) is 10.8 Å². The Kier molecular flexibility index (Phi) is 3.89. The zero-order valence-corrected chi connectivity index (χ0v) is 10.9. The highest BCUT2D eigenvalue weighted by atomic mass is 35.5. The van der Waals surface area contributed by atoms with E-state index >= 15 is 0 Å². The Balaban J connectivity index is 2.66. The van der Waals surface area contributed by atoms with Gasteiger partial charge in [0.05, 0.1) is 17.5 Å². The number of methoxy groups -OCH3 is 1. The van der Waals surface area contributed by atoms with Gasteiger partial charge in [-0.15, -0.1) is 0 Å². The molecule has 0 saturated heterocycles. The molecule has 0 aliphatic heterocycles. The van der Waals surface area contributed by atoms with Gasteiger partial charge in [0.2, 0.25) is 0 Å². The van der Waals surface area contributed by atoms with Crippen LogP contribution in [-0.2, 0) is 6.54 Å². The summed E-state index contributed by atoms with van der Waals surface area (Å²) >= 11 is 6.10. The number of hydrogen-bond acceptors (Lipinski definition) is 3. The lowest BCUT2D eigenvalue weighted by Crippen LogP contribution is -2.21. The topological polar surface area (TPSA) is 57.2 Å². The number of nitrogens with zero attached hydrogens (tertiary/aromatic N) is 1. The van der Waals surface area contributed by atoms with Crippen molar-refractivity contribution in [2.24, 2.45) is 5.73 Å². The summed E-state index contributed by atoms with van der Waals surface area (Å²) in [6.07, 6.45) is 2.51. The smallest absolute Gasteiger partial charge is 0.260 e. The van der Waals surface area contributed by atoms with Crippen LogP contribution >= 0.6 is 11.6 Å². The number of benzene rings is 1. The average Bonchev–Trinajstić information content (AvgIpc) is 2.38. The summed E-state index contributed by atoms with van der Waals surface area (Å²) in [5, 5.41) is 1.67. The van der Waals surface area contributed by atoms with Crippen LogP contribution in [-0.4, -0.2) is 18.2 Å². The lowest BCUT2D eigenvalue weighted by atomic mass is 10.1. The summed E-state index contributed by atoms with van der Waals surface area (Å²) in [6, 6.07) is 5.28. The molecule has 5 heteroatoms. The first-order chi connectivity index (χ1) is 8.69. The molecule has 0 aliphatic rings. The van der Waals surface area contributed by atoms with E-state index in [2.05, 4.69) is 0 Å². The van der Waals surface area contributed by atoms with Crippen molar-refractivity contribution in [3.05, 3.63) is 39.8 Å². The van der Waals surface area contributed by atoms with Crippen LogP contribution < -0.4 is 16.0 Å². The molecule has 0 bridgehead atoms.